The summed E-state index contributed by atoms with van der Waals surface area (Å²) in [4.78, 5) is 26.1. The quantitative estimate of drug-likeness (QED) is 0.735. The van der Waals surface area contributed by atoms with Crippen LogP contribution in [0.3, 0.4) is 0 Å². The molecule has 6 nitrogen and oxygen atoms in total. The third kappa shape index (κ3) is 2.42. The second-order valence-electron chi connectivity index (χ2n) is 3.98. The zero-order chi connectivity index (χ0) is 13.1. The van der Waals surface area contributed by atoms with Crippen molar-refractivity contribution in [3.63, 3.8) is 0 Å². The number of anilines is 1. The third-order valence-corrected chi connectivity index (χ3v) is 2.66. The van der Waals surface area contributed by atoms with Crippen molar-refractivity contribution >= 4 is 17.0 Å². The number of H-pyrrole nitrogens is 1. The fraction of sp³-hybridized carbons (Fsp3) is 0.0769. The molecule has 0 aliphatic heterocycles. The van der Waals surface area contributed by atoms with E-state index in [2.05, 4.69) is 25.3 Å². The van der Waals surface area contributed by atoms with Gasteiger partial charge in [0.05, 0.1) is 0 Å². The number of nitrogens with zero attached hydrogens (tertiary/aromatic N) is 3. The zero-order valence-electron chi connectivity index (χ0n) is 10.00. The lowest BCUT2D eigenvalue weighted by Crippen LogP contribution is -2.15. The minimum absolute atomic E-state index is 0.429. The summed E-state index contributed by atoms with van der Waals surface area (Å²) in [7, 11) is 0. The molecule has 0 bridgehead atoms. The molecule has 0 atom stereocenters. The Morgan fingerprint density at radius 1 is 1.11 bits per heavy atom. The maximum absolute atomic E-state index is 11.4. The lowest BCUT2D eigenvalue weighted by Gasteiger charge is -2.06. The molecule has 0 aliphatic carbocycles. The Bertz CT molecular complexity index is 754. The molecule has 3 rings (SSSR count). The molecule has 19 heavy (non-hydrogen) atoms. The van der Waals surface area contributed by atoms with Gasteiger partial charge < -0.3 is 5.32 Å². The van der Waals surface area contributed by atoms with Crippen LogP contribution in [0, 0.1) is 0 Å². The van der Waals surface area contributed by atoms with Gasteiger partial charge in [-0.15, -0.1) is 0 Å². The first-order chi connectivity index (χ1) is 9.33. The number of aromatic amines is 1. The van der Waals surface area contributed by atoms with E-state index >= 15 is 0 Å². The van der Waals surface area contributed by atoms with E-state index in [9.17, 15) is 4.79 Å². The molecule has 2 N–H and O–H groups in total. The normalized spacial score (nSPS) is 10.5. The van der Waals surface area contributed by atoms with Gasteiger partial charge in [-0.3, -0.25) is 4.98 Å². The molecule has 2 aromatic heterocycles. The molecule has 0 saturated carbocycles. The average Bonchev–Trinajstić information content (AvgIpc) is 2.45. The van der Waals surface area contributed by atoms with E-state index in [-0.39, 0.29) is 0 Å². The summed E-state index contributed by atoms with van der Waals surface area (Å²) >= 11 is 0. The highest BCUT2D eigenvalue weighted by Gasteiger charge is 2.06. The Labute approximate surface area is 108 Å². The van der Waals surface area contributed by atoms with Gasteiger partial charge in [-0.05, 0) is 5.56 Å². The van der Waals surface area contributed by atoms with Crippen molar-refractivity contribution in [2.75, 3.05) is 5.32 Å². The predicted molar refractivity (Wildman–Crippen MR) is 71.7 cm³/mol. The molecule has 0 spiro atoms. The van der Waals surface area contributed by atoms with E-state index in [0.29, 0.717) is 23.5 Å². The topological polar surface area (TPSA) is 83.6 Å². The van der Waals surface area contributed by atoms with Crippen LogP contribution >= 0.6 is 0 Å². The molecule has 6 heteroatoms. The van der Waals surface area contributed by atoms with Crippen LogP contribution in [-0.4, -0.2) is 19.9 Å². The Hall–Kier alpha value is -2.76. The Morgan fingerprint density at radius 2 is 1.89 bits per heavy atom. The molecule has 94 valence electrons. The third-order valence-electron chi connectivity index (χ3n) is 2.66. The molecule has 0 fully saturated rings. The number of benzene rings is 1. The van der Waals surface area contributed by atoms with Gasteiger partial charge in [-0.2, -0.15) is 4.98 Å². The fourth-order valence-electron chi connectivity index (χ4n) is 1.79. The Balaban J connectivity index is 1.94. The lowest BCUT2D eigenvalue weighted by molar-refractivity contribution is 1.04. The SMILES string of the molecule is O=c1nc(NCc2ccccc2)c2nccnc2[nH]1. The monoisotopic (exact) mass is 253 g/mol. The van der Waals surface area contributed by atoms with Crippen LogP contribution in [-0.2, 0) is 6.54 Å². The fourth-order valence-corrected chi connectivity index (χ4v) is 1.79. The smallest absolute Gasteiger partial charge is 0.348 e. The van der Waals surface area contributed by atoms with Crippen molar-refractivity contribution in [3.05, 3.63) is 58.8 Å². The van der Waals surface area contributed by atoms with Gasteiger partial charge in [0.2, 0.25) is 0 Å². The summed E-state index contributed by atoms with van der Waals surface area (Å²) in [5, 5.41) is 3.11. The highest BCUT2D eigenvalue weighted by atomic mass is 16.1. The first-order valence-corrected chi connectivity index (χ1v) is 5.82. The minimum atomic E-state index is -0.441. The number of aromatic nitrogens is 4. The molecule has 0 amide bonds. The van der Waals surface area contributed by atoms with E-state index in [1.807, 2.05) is 30.3 Å². The van der Waals surface area contributed by atoms with E-state index in [1.165, 1.54) is 6.20 Å². The van der Waals surface area contributed by atoms with E-state index in [1.54, 1.807) is 6.20 Å². The standard InChI is InChI=1S/C13H11N5O/c19-13-17-11-10(14-6-7-15-11)12(18-13)16-8-9-4-2-1-3-5-9/h1-7H,8H2,(H2,15,16,17,18,19). The predicted octanol–water partition coefficient (Wildman–Crippen LogP) is 1.33. The number of hydrogen-bond donors (Lipinski definition) is 2. The molecule has 3 aromatic rings. The maximum atomic E-state index is 11.4. The van der Waals surface area contributed by atoms with Crippen molar-refractivity contribution in [1.82, 2.24) is 19.9 Å². The van der Waals surface area contributed by atoms with Gasteiger partial charge in [0.1, 0.15) is 5.52 Å². The summed E-state index contributed by atoms with van der Waals surface area (Å²) in [5.41, 5.74) is 1.64. The number of hydrogen-bond acceptors (Lipinski definition) is 5. The van der Waals surface area contributed by atoms with Crippen molar-refractivity contribution in [1.29, 1.82) is 0 Å². The summed E-state index contributed by atoms with van der Waals surface area (Å²) in [6.45, 7) is 0.572. The van der Waals surface area contributed by atoms with Crippen molar-refractivity contribution in [2.24, 2.45) is 0 Å². The molecular weight excluding hydrogens is 242 g/mol. The maximum Gasteiger partial charge on any atom is 0.348 e. The van der Waals surface area contributed by atoms with Crippen LogP contribution in [0.25, 0.3) is 11.2 Å². The number of nitrogens with one attached hydrogen (secondary N) is 2. The Morgan fingerprint density at radius 3 is 2.74 bits per heavy atom. The molecule has 0 radical (unpaired) electrons. The highest BCUT2D eigenvalue weighted by molar-refractivity contribution is 5.81. The molecule has 0 unspecified atom stereocenters. The van der Waals surface area contributed by atoms with E-state index in [0.717, 1.165) is 5.56 Å². The Kier molecular flexibility index (Phi) is 2.89. The van der Waals surface area contributed by atoms with Crippen molar-refractivity contribution in [2.45, 2.75) is 6.54 Å². The van der Waals surface area contributed by atoms with Crippen molar-refractivity contribution < 1.29 is 0 Å². The van der Waals surface area contributed by atoms with Gasteiger partial charge in [-0.25, -0.2) is 14.8 Å². The first-order valence-electron chi connectivity index (χ1n) is 5.82. The van der Waals surface area contributed by atoms with Crippen LogP contribution in [0.4, 0.5) is 5.82 Å². The summed E-state index contributed by atoms with van der Waals surface area (Å²) in [5.74, 6) is 0.440. The van der Waals surface area contributed by atoms with Gasteiger partial charge in [0.25, 0.3) is 0 Å². The number of fused-ring (bicyclic) bond motifs is 1. The van der Waals surface area contributed by atoms with Crippen LogP contribution in [0.2, 0.25) is 0 Å². The van der Waals surface area contributed by atoms with Crippen LogP contribution < -0.4 is 11.0 Å². The molecule has 0 saturated heterocycles. The van der Waals surface area contributed by atoms with Gasteiger partial charge in [-0.1, -0.05) is 30.3 Å². The molecule has 1 aromatic carbocycles. The molecular formula is C13H11N5O. The van der Waals surface area contributed by atoms with Crippen molar-refractivity contribution in [3.8, 4) is 0 Å². The largest absolute Gasteiger partial charge is 0.364 e. The zero-order valence-corrected chi connectivity index (χ0v) is 10.00. The van der Waals surface area contributed by atoms with E-state index < -0.39 is 5.69 Å². The molecule has 2 heterocycles. The minimum Gasteiger partial charge on any atom is -0.364 e. The highest BCUT2D eigenvalue weighted by Crippen LogP contribution is 2.13. The summed E-state index contributed by atoms with van der Waals surface area (Å²) in [6.07, 6.45) is 3.09. The van der Waals surface area contributed by atoms with Gasteiger partial charge in [0, 0.05) is 18.9 Å². The summed E-state index contributed by atoms with van der Waals surface area (Å²) < 4.78 is 0. The van der Waals surface area contributed by atoms with Crippen LogP contribution in [0.1, 0.15) is 5.56 Å². The van der Waals surface area contributed by atoms with Gasteiger partial charge >= 0.3 is 5.69 Å². The summed E-state index contributed by atoms with van der Waals surface area (Å²) in [6, 6.07) is 9.86. The second-order valence-corrected chi connectivity index (χ2v) is 3.98. The molecule has 0 aliphatic rings. The van der Waals surface area contributed by atoms with E-state index in [4.69, 9.17) is 0 Å². The van der Waals surface area contributed by atoms with Crippen LogP contribution in [0.5, 0.6) is 0 Å². The number of rotatable bonds is 3. The lowest BCUT2D eigenvalue weighted by atomic mass is 10.2. The average molecular weight is 253 g/mol. The first kappa shape index (κ1) is 11.3. The van der Waals surface area contributed by atoms with Crippen LogP contribution in [0.15, 0.2) is 47.5 Å². The second kappa shape index (κ2) is 4.85. The van der Waals surface area contributed by atoms with Gasteiger partial charge in [0.15, 0.2) is 11.5 Å².